The lowest BCUT2D eigenvalue weighted by Crippen LogP contribution is -2.49. The van der Waals surface area contributed by atoms with Crippen LogP contribution in [0.4, 0.5) is 0 Å². The topological polar surface area (TPSA) is 151 Å². The maximum absolute atomic E-state index is 14.0. The van der Waals surface area contributed by atoms with Gasteiger partial charge in [-0.3, -0.25) is 14.6 Å². The number of amides is 2. The van der Waals surface area contributed by atoms with Gasteiger partial charge in [0.15, 0.2) is 0 Å². The first-order chi connectivity index (χ1) is 20.3. The Morgan fingerprint density at radius 1 is 1.02 bits per heavy atom. The van der Waals surface area contributed by atoms with Gasteiger partial charge in [0.2, 0.25) is 11.8 Å². The summed E-state index contributed by atoms with van der Waals surface area (Å²) in [7, 11) is 1.80. The molecule has 2 amide bonds. The SMILES string of the molecule is CN/C(C)=C(\N=C[C@H](C)N(Cc1cccc(C(=O)O)c1)C(=O)[C@@H](N)Cc1c(C)cc(C(N)=O)cc1C)c1ccc(Cl)cc1. The van der Waals surface area contributed by atoms with Crippen LogP contribution < -0.4 is 16.8 Å². The molecule has 0 saturated heterocycles. The summed E-state index contributed by atoms with van der Waals surface area (Å²) in [5, 5.41) is 13.2. The number of nitrogens with two attached hydrogens (primary N) is 2. The summed E-state index contributed by atoms with van der Waals surface area (Å²) in [6.45, 7) is 7.55. The predicted octanol–water partition coefficient (Wildman–Crippen LogP) is 4.72. The van der Waals surface area contributed by atoms with E-state index in [0.717, 1.165) is 28.0 Å². The minimum absolute atomic E-state index is 0.115. The standard InChI is InChI=1S/C33H38ClN5O4/c1-19-13-26(31(36)40)14-20(2)28(19)16-29(35)32(41)39(18-23-7-6-8-25(15-23)33(42)43)21(3)17-38-30(22(4)37-5)24-9-11-27(34)12-10-24/h6-15,17,21,29,37H,16,18,35H2,1-5H3,(H2,36,40)(H,42,43)/b30-22-,38-17?/t21-,29-/m0/s1. The number of carboxylic acids is 1. The number of rotatable bonds is 12. The summed E-state index contributed by atoms with van der Waals surface area (Å²) in [5.41, 5.74) is 18.0. The molecule has 3 rings (SSSR count). The average molecular weight is 604 g/mol. The van der Waals surface area contributed by atoms with Gasteiger partial charge in [-0.1, -0.05) is 35.9 Å². The van der Waals surface area contributed by atoms with Crippen molar-refractivity contribution in [1.29, 1.82) is 0 Å². The third kappa shape index (κ3) is 8.53. The fraction of sp³-hybridized carbons (Fsp3) is 0.273. The summed E-state index contributed by atoms with van der Waals surface area (Å²) in [5.74, 6) is -1.92. The first-order valence-electron chi connectivity index (χ1n) is 13.8. The van der Waals surface area contributed by atoms with Gasteiger partial charge in [-0.05, 0) is 92.8 Å². The normalized spacial score (nSPS) is 13.3. The van der Waals surface area contributed by atoms with Crippen LogP contribution in [0.5, 0.6) is 0 Å². The Bertz CT molecular complexity index is 1540. The average Bonchev–Trinajstić information content (AvgIpc) is 2.97. The molecule has 10 heteroatoms. The van der Waals surface area contributed by atoms with Crippen molar-refractivity contribution >= 4 is 41.3 Å². The van der Waals surface area contributed by atoms with Crippen molar-refractivity contribution < 1.29 is 19.5 Å². The third-order valence-corrected chi connectivity index (χ3v) is 7.54. The van der Waals surface area contributed by atoms with Crippen LogP contribution in [0.3, 0.4) is 0 Å². The molecule has 0 saturated carbocycles. The second-order valence-corrected chi connectivity index (χ2v) is 10.9. The molecule has 0 unspecified atom stereocenters. The minimum atomic E-state index is -1.06. The van der Waals surface area contributed by atoms with E-state index in [1.807, 2.05) is 39.8 Å². The highest BCUT2D eigenvalue weighted by Gasteiger charge is 2.27. The lowest BCUT2D eigenvalue weighted by Gasteiger charge is -2.30. The summed E-state index contributed by atoms with van der Waals surface area (Å²) in [4.78, 5) is 43.6. The lowest BCUT2D eigenvalue weighted by atomic mass is 9.93. The van der Waals surface area contributed by atoms with Crippen LogP contribution in [0.2, 0.25) is 5.02 Å². The Hall–Kier alpha value is -4.47. The molecule has 0 fully saturated rings. The van der Waals surface area contributed by atoms with E-state index in [4.69, 9.17) is 28.1 Å². The Balaban J connectivity index is 1.98. The number of nitrogens with zero attached hydrogens (tertiary/aromatic N) is 2. The van der Waals surface area contributed by atoms with Crippen LogP contribution in [0.1, 0.15) is 62.4 Å². The molecule has 0 aliphatic rings. The number of aryl methyl sites for hydroxylation is 2. The van der Waals surface area contributed by atoms with Crippen LogP contribution >= 0.6 is 11.6 Å². The van der Waals surface area contributed by atoms with Crippen molar-refractivity contribution in [3.05, 3.63) is 110 Å². The molecule has 0 aliphatic carbocycles. The summed E-state index contributed by atoms with van der Waals surface area (Å²) >= 11 is 6.09. The third-order valence-electron chi connectivity index (χ3n) is 7.29. The Kier molecular flexibility index (Phi) is 11.2. The lowest BCUT2D eigenvalue weighted by molar-refractivity contribution is -0.134. The Morgan fingerprint density at radius 2 is 1.65 bits per heavy atom. The molecular formula is C33H38ClN5O4. The van der Waals surface area contributed by atoms with Crippen molar-refractivity contribution in [3.8, 4) is 0 Å². The molecular weight excluding hydrogens is 566 g/mol. The second kappa shape index (κ2) is 14.6. The van der Waals surface area contributed by atoms with E-state index in [0.29, 0.717) is 21.8 Å². The maximum Gasteiger partial charge on any atom is 0.335 e. The van der Waals surface area contributed by atoms with Crippen LogP contribution in [-0.4, -0.2) is 53.1 Å². The molecule has 0 aliphatic heterocycles. The zero-order chi connectivity index (χ0) is 31.8. The van der Waals surface area contributed by atoms with E-state index in [1.54, 1.807) is 60.6 Å². The number of carbonyl (C=O) groups is 3. The van der Waals surface area contributed by atoms with Crippen LogP contribution in [0, 0.1) is 13.8 Å². The molecule has 0 aromatic heterocycles. The number of nitrogens with one attached hydrogen (secondary N) is 1. The minimum Gasteiger partial charge on any atom is -0.478 e. The van der Waals surface area contributed by atoms with Gasteiger partial charge in [0.25, 0.3) is 0 Å². The van der Waals surface area contributed by atoms with Gasteiger partial charge in [0.1, 0.15) is 0 Å². The highest BCUT2D eigenvalue weighted by atomic mass is 35.5. The molecule has 0 heterocycles. The number of hydrogen-bond acceptors (Lipinski definition) is 6. The molecule has 9 nitrogen and oxygen atoms in total. The zero-order valence-corrected chi connectivity index (χ0v) is 25.8. The first kappa shape index (κ1) is 33.0. The maximum atomic E-state index is 14.0. The quantitative estimate of drug-likeness (QED) is 0.220. The van der Waals surface area contributed by atoms with Crippen LogP contribution in [0.25, 0.3) is 5.70 Å². The first-order valence-corrected chi connectivity index (χ1v) is 14.2. The van der Waals surface area contributed by atoms with Gasteiger partial charge in [-0.2, -0.15) is 0 Å². The number of aromatic carboxylic acids is 1. The van der Waals surface area contributed by atoms with Crippen molar-refractivity contribution in [2.75, 3.05) is 7.05 Å². The Morgan fingerprint density at radius 3 is 2.21 bits per heavy atom. The van der Waals surface area contributed by atoms with E-state index in [9.17, 15) is 19.5 Å². The van der Waals surface area contributed by atoms with Crippen molar-refractivity contribution in [2.24, 2.45) is 16.5 Å². The monoisotopic (exact) mass is 603 g/mol. The van der Waals surface area contributed by atoms with E-state index in [2.05, 4.69) is 5.32 Å². The zero-order valence-electron chi connectivity index (χ0n) is 25.0. The van der Waals surface area contributed by atoms with Crippen molar-refractivity contribution in [3.63, 3.8) is 0 Å². The largest absolute Gasteiger partial charge is 0.478 e. The van der Waals surface area contributed by atoms with Crippen molar-refractivity contribution in [1.82, 2.24) is 10.2 Å². The van der Waals surface area contributed by atoms with Crippen LogP contribution in [-0.2, 0) is 17.8 Å². The molecule has 0 radical (unpaired) electrons. The number of aliphatic imine (C=N–C) groups is 1. The highest BCUT2D eigenvalue weighted by molar-refractivity contribution is 6.30. The van der Waals surface area contributed by atoms with Crippen LogP contribution in [0.15, 0.2) is 71.4 Å². The number of carboxylic acid groups (broad SMARTS) is 1. The number of benzene rings is 3. The molecule has 0 bridgehead atoms. The van der Waals surface area contributed by atoms with Crippen molar-refractivity contribution in [2.45, 2.75) is 52.7 Å². The highest BCUT2D eigenvalue weighted by Crippen LogP contribution is 2.23. The smallest absolute Gasteiger partial charge is 0.335 e. The molecule has 2 atom stereocenters. The number of halogens is 1. The summed E-state index contributed by atoms with van der Waals surface area (Å²) in [6, 6.07) is 15.7. The fourth-order valence-electron chi connectivity index (χ4n) is 4.78. The van der Waals surface area contributed by atoms with Gasteiger partial charge in [-0.25, -0.2) is 4.79 Å². The van der Waals surface area contributed by atoms with Gasteiger partial charge >= 0.3 is 5.97 Å². The molecule has 3 aromatic rings. The van der Waals surface area contributed by atoms with E-state index < -0.39 is 24.0 Å². The second-order valence-electron chi connectivity index (χ2n) is 10.5. The molecule has 3 aromatic carbocycles. The number of allylic oxidation sites excluding steroid dienone is 1. The number of primary amides is 1. The van der Waals surface area contributed by atoms with Gasteiger partial charge in [0.05, 0.1) is 23.3 Å². The molecule has 226 valence electrons. The molecule has 6 N–H and O–H groups in total. The molecule has 43 heavy (non-hydrogen) atoms. The fourth-order valence-corrected chi connectivity index (χ4v) is 4.90. The van der Waals surface area contributed by atoms with Gasteiger partial charge < -0.3 is 26.8 Å². The van der Waals surface area contributed by atoms with Gasteiger partial charge in [0, 0.05) is 41.7 Å². The predicted molar refractivity (Wildman–Crippen MR) is 171 cm³/mol. The van der Waals surface area contributed by atoms with E-state index >= 15 is 0 Å². The van der Waals surface area contributed by atoms with E-state index in [1.165, 1.54) is 6.07 Å². The Labute approximate surface area is 257 Å². The summed E-state index contributed by atoms with van der Waals surface area (Å²) < 4.78 is 0. The number of hydrogen-bond donors (Lipinski definition) is 4. The summed E-state index contributed by atoms with van der Waals surface area (Å²) in [6.07, 6.45) is 1.91. The molecule has 0 spiro atoms. The number of carbonyl (C=O) groups excluding carboxylic acids is 2. The van der Waals surface area contributed by atoms with E-state index in [-0.39, 0.29) is 24.4 Å². The van der Waals surface area contributed by atoms with Gasteiger partial charge in [-0.15, -0.1) is 0 Å².